The molecule has 1 N–H and O–H groups in total. The minimum absolute atomic E-state index is 0.000840. The molecule has 0 bridgehead atoms. The van der Waals surface area contributed by atoms with Crippen LogP contribution in [0.5, 0.6) is 0 Å². The van der Waals surface area contributed by atoms with Crippen molar-refractivity contribution in [2.24, 2.45) is 11.8 Å². The maximum absolute atomic E-state index is 12.2. The first-order valence-electron chi connectivity index (χ1n) is 7.26. The molecule has 5 heteroatoms. The van der Waals surface area contributed by atoms with E-state index < -0.39 is 0 Å². The van der Waals surface area contributed by atoms with Crippen LogP contribution in [0, 0.1) is 11.8 Å². The van der Waals surface area contributed by atoms with Crippen LogP contribution in [0.15, 0.2) is 0 Å². The minimum atomic E-state index is -0.115. The Morgan fingerprint density at radius 3 is 2.47 bits per heavy atom. The largest absolute Gasteiger partial charge is 0.466 e. The van der Waals surface area contributed by atoms with E-state index in [4.69, 9.17) is 4.74 Å². The molecule has 5 nitrogen and oxygen atoms in total. The Bertz CT molecular complexity index is 299. The van der Waals surface area contributed by atoms with Crippen LogP contribution < -0.4 is 5.32 Å². The minimum Gasteiger partial charge on any atom is -0.466 e. The highest BCUT2D eigenvalue weighted by Crippen LogP contribution is 2.20. The van der Waals surface area contributed by atoms with Crippen molar-refractivity contribution in [3.05, 3.63) is 0 Å². The summed E-state index contributed by atoms with van der Waals surface area (Å²) in [6, 6.07) is 0. The molecule has 0 aromatic heterocycles. The number of rotatable bonds is 6. The predicted octanol–water partition coefficient (Wildman–Crippen LogP) is 1.03. The predicted molar refractivity (Wildman–Crippen MR) is 73.6 cm³/mol. The quantitative estimate of drug-likeness (QED) is 0.733. The standard InChI is InChI=1S/C14H26N2O3/c1-4-15-10-11(3)13(17)16-8-6-12(7-9-16)14(18)19-5-2/h11-12,15H,4-10H2,1-3H3. The number of esters is 1. The van der Waals surface area contributed by atoms with Crippen LogP contribution in [0.25, 0.3) is 0 Å². The van der Waals surface area contributed by atoms with Gasteiger partial charge in [0.1, 0.15) is 0 Å². The Balaban J connectivity index is 2.36. The number of piperidine rings is 1. The number of carbonyl (C=O) groups excluding carboxylic acids is 2. The molecule has 0 spiro atoms. The molecule has 0 radical (unpaired) electrons. The van der Waals surface area contributed by atoms with Crippen molar-refractivity contribution in [3.63, 3.8) is 0 Å². The Morgan fingerprint density at radius 1 is 1.32 bits per heavy atom. The van der Waals surface area contributed by atoms with Crippen molar-refractivity contribution >= 4 is 11.9 Å². The summed E-state index contributed by atoms with van der Waals surface area (Å²) in [4.78, 5) is 25.7. The summed E-state index contributed by atoms with van der Waals surface area (Å²) >= 11 is 0. The average molecular weight is 270 g/mol. The molecule has 0 saturated carbocycles. The third kappa shape index (κ3) is 4.82. The van der Waals surface area contributed by atoms with E-state index >= 15 is 0 Å². The van der Waals surface area contributed by atoms with E-state index in [1.54, 1.807) is 0 Å². The maximum atomic E-state index is 12.2. The molecule has 1 atom stereocenters. The lowest BCUT2D eigenvalue weighted by molar-refractivity contribution is -0.151. The molecule has 1 amide bonds. The van der Waals surface area contributed by atoms with E-state index in [1.807, 2.05) is 25.7 Å². The lowest BCUT2D eigenvalue weighted by Gasteiger charge is -2.32. The molecule has 1 aliphatic rings. The van der Waals surface area contributed by atoms with Crippen molar-refractivity contribution in [2.75, 3.05) is 32.8 Å². The highest BCUT2D eigenvalue weighted by atomic mass is 16.5. The molecular weight excluding hydrogens is 244 g/mol. The molecular formula is C14H26N2O3. The summed E-state index contributed by atoms with van der Waals surface area (Å²) in [6.07, 6.45) is 1.44. The number of ether oxygens (including phenoxy) is 1. The van der Waals surface area contributed by atoms with Crippen molar-refractivity contribution < 1.29 is 14.3 Å². The SMILES string of the molecule is CCNCC(C)C(=O)N1CCC(C(=O)OCC)CC1. The topological polar surface area (TPSA) is 58.6 Å². The average Bonchev–Trinajstić information content (AvgIpc) is 2.44. The highest BCUT2D eigenvalue weighted by Gasteiger charge is 2.29. The molecule has 110 valence electrons. The normalized spacial score (nSPS) is 18.2. The zero-order valence-corrected chi connectivity index (χ0v) is 12.3. The number of likely N-dealkylation sites (tertiary alicyclic amines) is 1. The molecule has 1 aliphatic heterocycles. The fourth-order valence-corrected chi connectivity index (χ4v) is 2.36. The van der Waals surface area contributed by atoms with Gasteiger partial charge in [-0.15, -0.1) is 0 Å². The summed E-state index contributed by atoms with van der Waals surface area (Å²) in [5.74, 6) is 0.0331. The molecule has 1 fully saturated rings. The fourth-order valence-electron chi connectivity index (χ4n) is 2.36. The van der Waals surface area contributed by atoms with Gasteiger partial charge in [-0.05, 0) is 26.3 Å². The van der Waals surface area contributed by atoms with E-state index in [9.17, 15) is 9.59 Å². The zero-order chi connectivity index (χ0) is 14.3. The summed E-state index contributed by atoms with van der Waals surface area (Å²) in [5.41, 5.74) is 0. The van der Waals surface area contributed by atoms with Gasteiger partial charge in [0.25, 0.3) is 0 Å². The van der Waals surface area contributed by atoms with Crippen LogP contribution in [0.3, 0.4) is 0 Å². The lowest BCUT2D eigenvalue weighted by Crippen LogP contribution is -2.44. The summed E-state index contributed by atoms with van der Waals surface area (Å²) < 4.78 is 5.03. The van der Waals surface area contributed by atoms with E-state index in [1.165, 1.54) is 0 Å². The molecule has 1 rings (SSSR count). The molecule has 19 heavy (non-hydrogen) atoms. The van der Waals surface area contributed by atoms with Gasteiger partial charge in [0, 0.05) is 25.6 Å². The van der Waals surface area contributed by atoms with Gasteiger partial charge in [-0.1, -0.05) is 13.8 Å². The molecule has 0 aliphatic carbocycles. The molecule has 0 aromatic rings. The second-order valence-corrected chi connectivity index (χ2v) is 5.06. The summed E-state index contributed by atoms with van der Waals surface area (Å²) in [6.45, 7) is 9.15. The van der Waals surface area contributed by atoms with Crippen molar-refractivity contribution in [1.29, 1.82) is 0 Å². The second-order valence-electron chi connectivity index (χ2n) is 5.06. The third-order valence-corrected chi connectivity index (χ3v) is 3.55. The van der Waals surface area contributed by atoms with E-state index in [0.29, 0.717) is 26.2 Å². The van der Waals surface area contributed by atoms with E-state index in [0.717, 1.165) is 19.4 Å². The number of carbonyl (C=O) groups is 2. The van der Waals surface area contributed by atoms with Gasteiger partial charge in [0.15, 0.2) is 0 Å². The van der Waals surface area contributed by atoms with E-state index in [-0.39, 0.29) is 23.7 Å². The highest BCUT2D eigenvalue weighted by molar-refractivity contribution is 5.79. The fraction of sp³-hybridized carbons (Fsp3) is 0.857. The van der Waals surface area contributed by atoms with Crippen molar-refractivity contribution in [1.82, 2.24) is 10.2 Å². The molecule has 1 saturated heterocycles. The van der Waals surface area contributed by atoms with Crippen molar-refractivity contribution in [2.45, 2.75) is 33.6 Å². The number of nitrogens with zero attached hydrogens (tertiary/aromatic N) is 1. The zero-order valence-electron chi connectivity index (χ0n) is 12.3. The summed E-state index contributed by atoms with van der Waals surface area (Å²) in [5, 5.41) is 3.19. The monoisotopic (exact) mass is 270 g/mol. The maximum Gasteiger partial charge on any atom is 0.309 e. The number of hydrogen-bond acceptors (Lipinski definition) is 4. The number of hydrogen-bond donors (Lipinski definition) is 1. The Hall–Kier alpha value is -1.10. The van der Waals surface area contributed by atoms with Crippen LogP contribution in [0.2, 0.25) is 0 Å². The van der Waals surface area contributed by atoms with Gasteiger partial charge in [0.2, 0.25) is 5.91 Å². The lowest BCUT2D eigenvalue weighted by atomic mass is 9.96. The second kappa shape index (κ2) is 8.15. The first-order chi connectivity index (χ1) is 9.10. The van der Waals surface area contributed by atoms with Crippen LogP contribution in [-0.2, 0) is 14.3 Å². The van der Waals surface area contributed by atoms with Gasteiger partial charge >= 0.3 is 5.97 Å². The van der Waals surface area contributed by atoms with E-state index in [2.05, 4.69) is 5.32 Å². The van der Waals surface area contributed by atoms with Gasteiger partial charge in [-0.2, -0.15) is 0 Å². The number of nitrogens with one attached hydrogen (secondary N) is 1. The first-order valence-corrected chi connectivity index (χ1v) is 7.26. The van der Waals surface area contributed by atoms with Crippen LogP contribution in [0.4, 0.5) is 0 Å². The van der Waals surface area contributed by atoms with Crippen LogP contribution >= 0.6 is 0 Å². The molecule has 0 aromatic carbocycles. The van der Waals surface area contributed by atoms with Crippen LogP contribution in [-0.4, -0.2) is 49.6 Å². The molecule has 1 unspecified atom stereocenters. The van der Waals surface area contributed by atoms with Gasteiger partial charge < -0.3 is 15.0 Å². The van der Waals surface area contributed by atoms with Gasteiger partial charge in [-0.25, -0.2) is 0 Å². The Morgan fingerprint density at radius 2 is 1.95 bits per heavy atom. The summed E-state index contributed by atoms with van der Waals surface area (Å²) in [7, 11) is 0. The third-order valence-electron chi connectivity index (χ3n) is 3.55. The first kappa shape index (κ1) is 16.0. The van der Waals surface area contributed by atoms with Gasteiger partial charge in [-0.3, -0.25) is 9.59 Å². The van der Waals surface area contributed by atoms with Gasteiger partial charge in [0.05, 0.1) is 12.5 Å². The Labute approximate surface area is 115 Å². The van der Waals surface area contributed by atoms with Crippen LogP contribution in [0.1, 0.15) is 33.6 Å². The molecule has 1 heterocycles. The van der Waals surface area contributed by atoms with Crippen molar-refractivity contribution in [3.8, 4) is 0 Å². The number of amides is 1. The Kier molecular flexibility index (Phi) is 6.84. The smallest absolute Gasteiger partial charge is 0.309 e.